The van der Waals surface area contributed by atoms with Crippen molar-refractivity contribution in [3.63, 3.8) is 0 Å². The van der Waals surface area contributed by atoms with Crippen LogP contribution in [0.1, 0.15) is 31.2 Å². The standard InChI is InChI=1S/C9H13BrOS/c1-6(2)3-8(11)9-4-7(10)5-12-9/h4-6,8,11H,3H2,1-2H3. The summed E-state index contributed by atoms with van der Waals surface area (Å²) in [4.78, 5) is 1.05. The summed E-state index contributed by atoms with van der Waals surface area (Å²) in [5.74, 6) is 0.542. The van der Waals surface area contributed by atoms with Crippen LogP contribution in [-0.4, -0.2) is 5.11 Å². The maximum atomic E-state index is 9.69. The maximum Gasteiger partial charge on any atom is 0.0884 e. The van der Waals surface area contributed by atoms with Gasteiger partial charge in [0.2, 0.25) is 0 Å². The second-order valence-electron chi connectivity index (χ2n) is 3.31. The van der Waals surface area contributed by atoms with Gasteiger partial charge in [-0.1, -0.05) is 13.8 Å². The van der Waals surface area contributed by atoms with Gasteiger partial charge in [-0.05, 0) is 34.3 Å². The quantitative estimate of drug-likeness (QED) is 0.867. The Balaban J connectivity index is 2.58. The second-order valence-corrected chi connectivity index (χ2v) is 5.17. The fraction of sp³-hybridized carbons (Fsp3) is 0.556. The van der Waals surface area contributed by atoms with E-state index in [1.807, 2.05) is 11.4 Å². The first kappa shape index (κ1) is 10.2. The van der Waals surface area contributed by atoms with Crippen LogP contribution in [-0.2, 0) is 0 Å². The van der Waals surface area contributed by atoms with E-state index in [0.717, 1.165) is 15.8 Å². The van der Waals surface area contributed by atoms with E-state index in [4.69, 9.17) is 0 Å². The molecule has 0 saturated carbocycles. The van der Waals surface area contributed by atoms with Crippen LogP contribution in [0.5, 0.6) is 0 Å². The first-order valence-corrected chi connectivity index (χ1v) is 5.69. The Morgan fingerprint density at radius 3 is 2.67 bits per heavy atom. The molecule has 0 aliphatic heterocycles. The van der Waals surface area contributed by atoms with E-state index in [9.17, 15) is 5.11 Å². The molecule has 1 unspecified atom stereocenters. The van der Waals surface area contributed by atoms with Crippen LogP contribution < -0.4 is 0 Å². The fourth-order valence-electron chi connectivity index (χ4n) is 1.07. The molecule has 0 saturated heterocycles. The van der Waals surface area contributed by atoms with E-state index >= 15 is 0 Å². The lowest BCUT2D eigenvalue weighted by atomic mass is 10.1. The molecule has 3 heteroatoms. The van der Waals surface area contributed by atoms with Gasteiger partial charge in [0.15, 0.2) is 0 Å². The van der Waals surface area contributed by atoms with E-state index in [-0.39, 0.29) is 6.10 Å². The Labute approximate surface area is 85.6 Å². The van der Waals surface area contributed by atoms with Crippen molar-refractivity contribution in [3.05, 3.63) is 20.8 Å². The van der Waals surface area contributed by atoms with Crippen molar-refractivity contribution in [2.75, 3.05) is 0 Å². The molecule has 68 valence electrons. The van der Waals surface area contributed by atoms with Crippen LogP contribution >= 0.6 is 27.3 Å². The third kappa shape index (κ3) is 2.88. The largest absolute Gasteiger partial charge is 0.388 e. The number of aliphatic hydroxyl groups is 1. The summed E-state index contributed by atoms with van der Waals surface area (Å²) in [5, 5.41) is 11.7. The predicted octanol–water partition coefficient (Wildman–Crippen LogP) is 3.59. The second kappa shape index (κ2) is 4.40. The first-order valence-electron chi connectivity index (χ1n) is 4.01. The zero-order valence-electron chi connectivity index (χ0n) is 7.25. The van der Waals surface area contributed by atoms with Gasteiger partial charge in [-0.25, -0.2) is 0 Å². The van der Waals surface area contributed by atoms with Gasteiger partial charge in [-0.2, -0.15) is 0 Å². The third-order valence-corrected chi connectivity index (χ3v) is 3.41. The summed E-state index contributed by atoms with van der Waals surface area (Å²) < 4.78 is 1.06. The van der Waals surface area contributed by atoms with E-state index in [1.165, 1.54) is 0 Å². The molecule has 1 aromatic heterocycles. The Hall–Kier alpha value is 0.140. The molecular weight excluding hydrogens is 236 g/mol. The first-order chi connectivity index (χ1) is 5.59. The van der Waals surface area contributed by atoms with Gasteiger partial charge in [0, 0.05) is 14.7 Å². The fourth-order valence-corrected chi connectivity index (χ4v) is 2.51. The smallest absolute Gasteiger partial charge is 0.0884 e. The van der Waals surface area contributed by atoms with Gasteiger partial charge < -0.3 is 5.11 Å². The molecule has 1 nitrogen and oxygen atoms in total. The van der Waals surface area contributed by atoms with Crippen molar-refractivity contribution in [2.24, 2.45) is 5.92 Å². The molecule has 0 radical (unpaired) electrons. The summed E-state index contributed by atoms with van der Waals surface area (Å²) in [6, 6.07) is 1.98. The molecule has 0 amide bonds. The van der Waals surface area contributed by atoms with Crippen LogP contribution in [0.4, 0.5) is 0 Å². The van der Waals surface area contributed by atoms with Gasteiger partial charge in [0.05, 0.1) is 6.10 Å². The van der Waals surface area contributed by atoms with Gasteiger partial charge in [-0.3, -0.25) is 0 Å². The third-order valence-electron chi connectivity index (χ3n) is 1.61. The Kier molecular flexibility index (Phi) is 3.75. The molecule has 0 spiro atoms. The summed E-state index contributed by atoms with van der Waals surface area (Å²) in [5.41, 5.74) is 0. The summed E-state index contributed by atoms with van der Waals surface area (Å²) in [6.07, 6.45) is 0.550. The Morgan fingerprint density at radius 2 is 2.25 bits per heavy atom. The van der Waals surface area contributed by atoms with E-state index in [0.29, 0.717) is 5.92 Å². The average molecular weight is 249 g/mol. The SMILES string of the molecule is CC(C)CC(O)c1cc(Br)cs1. The number of hydrogen-bond acceptors (Lipinski definition) is 2. The lowest BCUT2D eigenvalue weighted by molar-refractivity contribution is 0.154. The lowest BCUT2D eigenvalue weighted by Gasteiger charge is -2.10. The van der Waals surface area contributed by atoms with Crippen LogP contribution in [0.15, 0.2) is 15.9 Å². The van der Waals surface area contributed by atoms with Crippen LogP contribution in [0.3, 0.4) is 0 Å². The molecule has 1 N–H and O–H groups in total. The van der Waals surface area contributed by atoms with Crippen LogP contribution in [0, 0.1) is 5.92 Å². The average Bonchev–Trinajstić information content (AvgIpc) is 2.34. The van der Waals surface area contributed by atoms with Gasteiger partial charge in [0.1, 0.15) is 0 Å². The summed E-state index contributed by atoms with van der Waals surface area (Å²) in [7, 11) is 0. The van der Waals surface area contributed by atoms with Gasteiger partial charge >= 0.3 is 0 Å². The molecule has 12 heavy (non-hydrogen) atoms. The van der Waals surface area contributed by atoms with E-state index in [1.54, 1.807) is 11.3 Å². The van der Waals surface area contributed by atoms with Crippen molar-refractivity contribution < 1.29 is 5.11 Å². The van der Waals surface area contributed by atoms with Crippen LogP contribution in [0.2, 0.25) is 0 Å². The molecule has 1 rings (SSSR count). The summed E-state index contributed by atoms with van der Waals surface area (Å²) >= 11 is 4.97. The van der Waals surface area contributed by atoms with Crippen molar-refractivity contribution in [1.82, 2.24) is 0 Å². The molecule has 1 atom stereocenters. The number of halogens is 1. The Bertz CT molecular complexity index is 244. The van der Waals surface area contributed by atoms with E-state index < -0.39 is 0 Å². The molecule has 0 bridgehead atoms. The predicted molar refractivity (Wildman–Crippen MR) is 56.4 cm³/mol. The number of aliphatic hydroxyl groups excluding tert-OH is 1. The minimum Gasteiger partial charge on any atom is -0.388 e. The van der Waals surface area contributed by atoms with Gasteiger partial charge in [0.25, 0.3) is 0 Å². The molecule has 0 aliphatic carbocycles. The topological polar surface area (TPSA) is 20.2 Å². The number of rotatable bonds is 3. The van der Waals surface area contributed by atoms with Crippen molar-refractivity contribution in [1.29, 1.82) is 0 Å². The number of hydrogen-bond donors (Lipinski definition) is 1. The van der Waals surface area contributed by atoms with Crippen molar-refractivity contribution in [3.8, 4) is 0 Å². The minimum absolute atomic E-state index is 0.290. The highest BCUT2D eigenvalue weighted by molar-refractivity contribution is 9.10. The molecule has 0 aromatic carbocycles. The molecular formula is C9H13BrOS. The maximum absolute atomic E-state index is 9.69. The van der Waals surface area contributed by atoms with Gasteiger partial charge in [-0.15, -0.1) is 11.3 Å². The van der Waals surface area contributed by atoms with E-state index in [2.05, 4.69) is 29.8 Å². The highest BCUT2D eigenvalue weighted by atomic mass is 79.9. The molecule has 0 aliphatic rings. The minimum atomic E-state index is -0.290. The van der Waals surface area contributed by atoms with Crippen molar-refractivity contribution in [2.45, 2.75) is 26.4 Å². The highest BCUT2D eigenvalue weighted by Crippen LogP contribution is 2.29. The molecule has 0 fully saturated rings. The normalized spacial score (nSPS) is 13.8. The lowest BCUT2D eigenvalue weighted by Crippen LogP contribution is -1.99. The monoisotopic (exact) mass is 248 g/mol. The zero-order chi connectivity index (χ0) is 9.14. The Morgan fingerprint density at radius 1 is 1.58 bits per heavy atom. The molecule has 1 heterocycles. The summed E-state index contributed by atoms with van der Waals surface area (Å²) in [6.45, 7) is 4.23. The zero-order valence-corrected chi connectivity index (χ0v) is 9.65. The van der Waals surface area contributed by atoms with Crippen LogP contribution in [0.25, 0.3) is 0 Å². The molecule has 1 aromatic rings. The highest BCUT2D eigenvalue weighted by Gasteiger charge is 2.11. The van der Waals surface area contributed by atoms with Crippen molar-refractivity contribution >= 4 is 27.3 Å². The number of thiophene rings is 1.